The monoisotopic (exact) mass is 302 g/mol. The topological polar surface area (TPSA) is 34.1 Å². The largest absolute Gasteiger partial charge is 0.371 e. The molecule has 1 N–H and O–H groups in total. The summed E-state index contributed by atoms with van der Waals surface area (Å²) in [5, 5.41) is 6.65. The van der Waals surface area contributed by atoms with Gasteiger partial charge in [-0.2, -0.15) is 0 Å². The smallest absolute Gasteiger partial charge is 0.122 e. The molecule has 1 aromatic heterocycles. The van der Waals surface area contributed by atoms with Crippen LogP contribution in [0.1, 0.15) is 42.5 Å². The molecule has 0 aliphatic carbocycles. The quantitative estimate of drug-likeness (QED) is 0.908. The van der Waals surface area contributed by atoms with Crippen molar-refractivity contribution in [2.45, 2.75) is 39.3 Å². The van der Waals surface area contributed by atoms with Crippen molar-refractivity contribution in [2.75, 3.05) is 13.2 Å². The van der Waals surface area contributed by atoms with Gasteiger partial charge in [-0.1, -0.05) is 19.1 Å². The summed E-state index contributed by atoms with van der Waals surface area (Å²) >= 11 is 1.71. The van der Waals surface area contributed by atoms with Crippen LogP contribution in [0.15, 0.2) is 23.6 Å². The van der Waals surface area contributed by atoms with Gasteiger partial charge in [-0.25, -0.2) is 4.98 Å². The predicted molar refractivity (Wildman–Crippen MR) is 87.6 cm³/mol. The third-order valence-corrected chi connectivity index (χ3v) is 4.86. The summed E-state index contributed by atoms with van der Waals surface area (Å²) < 4.78 is 5.76. The molecule has 1 unspecified atom stereocenters. The number of hydrogen-bond acceptors (Lipinski definition) is 4. The summed E-state index contributed by atoms with van der Waals surface area (Å²) in [5.74, 6) is 0. The lowest BCUT2D eigenvalue weighted by Crippen LogP contribution is -2.23. The molecule has 1 aromatic carbocycles. The van der Waals surface area contributed by atoms with E-state index in [1.165, 1.54) is 16.7 Å². The highest BCUT2D eigenvalue weighted by Gasteiger charge is 2.15. The van der Waals surface area contributed by atoms with E-state index >= 15 is 0 Å². The van der Waals surface area contributed by atoms with E-state index in [0.717, 1.165) is 43.2 Å². The van der Waals surface area contributed by atoms with E-state index in [-0.39, 0.29) is 6.10 Å². The van der Waals surface area contributed by atoms with Crippen LogP contribution in [0.2, 0.25) is 0 Å². The summed E-state index contributed by atoms with van der Waals surface area (Å²) in [4.78, 5) is 4.80. The molecule has 112 valence electrons. The molecule has 0 spiro atoms. The Hall–Kier alpha value is -1.23. The Balaban J connectivity index is 1.85. The van der Waals surface area contributed by atoms with Crippen molar-refractivity contribution in [2.24, 2.45) is 0 Å². The van der Waals surface area contributed by atoms with Crippen LogP contribution in [0.5, 0.6) is 0 Å². The molecule has 21 heavy (non-hydrogen) atoms. The van der Waals surface area contributed by atoms with Gasteiger partial charge in [0.2, 0.25) is 0 Å². The molecule has 0 fully saturated rings. The molecule has 0 radical (unpaired) electrons. The number of rotatable bonds is 5. The van der Waals surface area contributed by atoms with E-state index in [1.54, 1.807) is 11.3 Å². The standard InChI is InChI=1S/C17H22N2OS/c1-3-16(20-4-2)17-19-15(11-21-17)13-5-6-14-10-18-8-7-12(14)9-13/h5-6,9,11,16,18H,3-4,7-8,10H2,1-2H3. The first-order valence-electron chi connectivity index (χ1n) is 7.71. The van der Waals surface area contributed by atoms with Gasteiger partial charge in [0.15, 0.2) is 0 Å². The van der Waals surface area contributed by atoms with E-state index < -0.39 is 0 Å². The number of hydrogen-bond donors (Lipinski definition) is 1. The van der Waals surface area contributed by atoms with Crippen LogP contribution in [0.4, 0.5) is 0 Å². The van der Waals surface area contributed by atoms with Gasteiger partial charge < -0.3 is 10.1 Å². The van der Waals surface area contributed by atoms with Gasteiger partial charge in [0.25, 0.3) is 0 Å². The lowest BCUT2D eigenvalue weighted by molar-refractivity contribution is 0.0597. The van der Waals surface area contributed by atoms with Crippen LogP contribution < -0.4 is 5.32 Å². The zero-order chi connectivity index (χ0) is 14.7. The Morgan fingerprint density at radius 2 is 2.24 bits per heavy atom. The zero-order valence-electron chi connectivity index (χ0n) is 12.7. The molecule has 0 saturated heterocycles. The average molecular weight is 302 g/mol. The molecule has 1 aliphatic rings. The number of benzene rings is 1. The number of thiazole rings is 1. The van der Waals surface area contributed by atoms with E-state index in [4.69, 9.17) is 9.72 Å². The van der Waals surface area contributed by atoms with Crippen LogP contribution in [0, 0.1) is 0 Å². The molecule has 0 bridgehead atoms. The number of nitrogens with zero attached hydrogens (tertiary/aromatic N) is 1. The molecule has 3 nitrogen and oxygen atoms in total. The molecule has 3 rings (SSSR count). The van der Waals surface area contributed by atoms with Gasteiger partial charge in [0, 0.05) is 24.1 Å². The SMILES string of the molecule is CCOC(CC)c1nc(-c2ccc3c(c2)CCNC3)cs1. The van der Waals surface area contributed by atoms with Crippen molar-refractivity contribution < 1.29 is 4.74 Å². The molecule has 4 heteroatoms. The summed E-state index contributed by atoms with van der Waals surface area (Å²) in [7, 11) is 0. The minimum atomic E-state index is 0.135. The van der Waals surface area contributed by atoms with Crippen molar-refractivity contribution in [3.63, 3.8) is 0 Å². The fourth-order valence-corrected chi connectivity index (χ4v) is 3.73. The minimum absolute atomic E-state index is 0.135. The highest BCUT2D eigenvalue weighted by atomic mass is 32.1. The van der Waals surface area contributed by atoms with Crippen molar-refractivity contribution in [1.29, 1.82) is 0 Å². The maximum absolute atomic E-state index is 5.76. The Morgan fingerprint density at radius 3 is 3.05 bits per heavy atom. The lowest BCUT2D eigenvalue weighted by Gasteiger charge is -2.17. The normalized spacial score (nSPS) is 15.7. The highest BCUT2D eigenvalue weighted by molar-refractivity contribution is 7.10. The predicted octanol–water partition coefficient (Wildman–Crippen LogP) is 3.94. The first-order chi connectivity index (χ1) is 10.3. The van der Waals surface area contributed by atoms with Gasteiger partial charge in [-0.15, -0.1) is 11.3 Å². The van der Waals surface area contributed by atoms with Crippen molar-refractivity contribution in [1.82, 2.24) is 10.3 Å². The van der Waals surface area contributed by atoms with E-state index in [1.807, 2.05) is 6.92 Å². The maximum Gasteiger partial charge on any atom is 0.122 e. The molecule has 2 heterocycles. The molecular formula is C17H22N2OS. The first-order valence-corrected chi connectivity index (χ1v) is 8.59. The summed E-state index contributed by atoms with van der Waals surface area (Å²) in [6.45, 7) is 6.97. The van der Waals surface area contributed by atoms with Crippen LogP contribution >= 0.6 is 11.3 Å². The zero-order valence-corrected chi connectivity index (χ0v) is 13.5. The van der Waals surface area contributed by atoms with Crippen LogP contribution in [-0.2, 0) is 17.7 Å². The van der Waals surface area contributed by atoms with Crippen LogP contribution in [0.3, 0.4) is 0 Å². The number of ether oxygens (including phenoxy) is 1. The Labute approximate surface area is 130 Å². The second kappa shape index (κ2) is 6.69. The van der Waals surface area contributed by atoms with E-state index in [0.29, 0.717) is 0 Å². The van der Waals surface area contributed by atoms with Gasteiger partial charge in [-0.05, 0) is 43.5 Å². The van der Waals surface area contributed by atoms with Crippen molar-refractivity contribution >= 4 is 11.3 Å². The second-order valence-electron chi connectivity index (χ2n) is 5.33. The molecular weight excluding hydrogens is 280 g/mol. The third kappa shape index (κ3) is 3.18. The van der Waals surface area contributed by atoms with Crippen molar-refractivity contribution in [3.05, 3.63) is 39.7 Å². The maximum atomic E-state index is 5.76. The highest BCUT2D eigenvalue weighted by Crippen LogP contribution is 2.30. The average Bonchev–Trinajstić information content (AvgIpc) is 3.02. The first kappa shape index (κ1) is 14.7. The second-order valence-corrected chi connectivity index (χ2v) is 6.22. The minimum Gasteiger partial charge on any atom is -0.371 e. The van der Waals surface area contributed by atoms with Crippen LogP contribution in [-0.4, -0.2) is 18.1 Å². The van der Waals surface area contributed by atoms with Crippen molar-refractivity contribution in [3.8, 4) is 11.3 Å². The van der Waals surface area contributed by atoms with E-state index in [9.17, 15) is 0 Å². The molecule has 1 aliphatic heterocycles. The summed E-state index contributed by atoms with van der Waals surface area (Å²) in [6.07, 6.45) is 2.21. The Kier molecular flexibility index (Phi) is 4.68. The van der Waals surface area contributed by atoms with E-state index in [2.05, 4.69) is 35.8 Å². The van der Waals surface area contributed by atoms with Gasteiger partial charge in [0.1, 0.15) is 11.1 Å². The van der Waals surface area contributed by atoms with Gasteiger partial charge in [-0.3, -0.25) is 0 Å². The molecule has 0 saturated carbocycles. The fraction of sp³-hybridized carbons (Fsp3) is 0.471. The molecule has 2 aromatic rings. The fourth-order valence-electron chi connectivity index (χ4n) is 2.77. The van der Waals surface area contributed by atoms with Crippen LogP contribution in [0.25, 0.3) is 11.3 Å². The molecule has 0 amide bonds. The Bertz CT molecular complexity index is 609. The third-order valence-electron chi connectivity index (χ3n) is 3.92. The molecule has 1 atom stereocenters. The van der Waals surface area contributed by atoms with Gasteiger partial charge in [0.05, 0.1) is 5.69 Å². The van der Waals surface area contributed by atoms with Gasteiger partial charge >= 0.3 is 0 Å². The Morgan fingerprint density at radius 1 is 1.33 bits per heavy atom. The number of aromatic nitrogens is 1. The lowest BCUT2D eigenvalue weighted by atomic mass is 9.98. The number of fused-ring (bicyclic) bond motifs is 1. The summed E-state index contributed by atoms with van der Waals surface area (Å²) in [5.41, 5.74) is 5.18. The number of nitrogens with one attached hydrogen (secondary N) is 1. The summed E-state index contributed by atoms with van der Waals surface area (Å²) in [6, 6.07) is 6.72.